The second-order valence-corrected chi connectivity index (χ2v) is 6.98. The number of aliphatic hydroxyl groups is 1. The van der Waals surface area contributed by atoms with Gasteiger partial charge in [0.1, 0.15) is 0 Å². The minimum absolute atomic E-state index is 0.113. The van der Waals surface area contributed by atoms with E-state index in [9.17, 15) is 0 Å². The molecule has 2 aromatic rings. The molecule has 1 fully saturated rings. The molecule has 2 heteroatoms. The van der Waals surface area contributed by atoms with Gasteiger partial charge < -0.3 is 10.0 Å². The van der Waals surface area contributed by atoms with Gasteiger partial charge in [-0.15, -0.1) is 0 Å². The van der Waals surface area contributed by atoms with Gasteiger partial charge in [-0.2, -0.15) is 0 Å². The summed E-state index contributed by atoms with van der Waals surface area (Å²) in [5.74, 6) is 0. The average molecular weight is 307 g/mol. The fourth-order valence-corrected chi connectivity index (χ4v) is 4.14. The summed E-state index contributed by atoms with van der Waals surface area (Å²) >= 11 is 0. The lowest BCUT2D eigenvalue weighted by atomic mass is 9.85. The molecule has 0 saturated carbocycles. The minimum Gasteiger partial charge on any atom is -0.392 e. The van der Waals surface area contributed by atoms with Gasteiger partial charge in [0.15, 0.2) is 0 Å². The maximum absolute atomic E-state index is 9.17. The zero-order valence-electron chi connectivity index (χ0n) is 13.7. The SMILES string of the molecule is OCc1ccc(-c2ccc3c(c2)CCC(N2CCCC2)C3)cc1. The Balaban J connectivity index is 1.54. The molecule has 120 valence electrons. The van der Waals surface area contributed by atoms with E-state index in [0.29, 0.717) is 0 Å². The summed E-state index contributed by atoms with van der Waals surface area (Å²) in [4.78, 5) is 2.70. The molecule has 1 unspecified atom stereocenters. The molecule has 0 aromatic heterocycles. The van der Waals surface area contributed by atoms with Crippen molar-refractivity contribution in [2.45, 2.75) is 44.8 Å². The van der Waals surface area contributed by atoms with E-state index in [-0.39, 0.29) is 6.61 Å². The molecular weight excluding hydrogens is 282 g/mol. The average Bonchev–Trinajstić information content (AvgIpc) is 3.15. The molecule has 0 amide bonds. The predicted molar refractivity (Wildman–Crippen MR) is 94.4 cm³/mol. The number of nitrogens with zero attached hydrogens (tertiary/aromatic N) is 1. The van der Waals surface area contributed by atoms with Gasteiger partial charge in [0.05, 0.1) is 6.61 Å². The highest BCUT2D eigenvalue weighted by molar-refractivity contribution is 5.65. The van der Waals surface area contributed by atoms with E-state index in [1.54, 1.807) is 5.56 Å². The topological polar surface area (TPSA) is 23.5 Å². The van der Waals surface area contributed by atoms with Crippen LogP contribution in [0.1, 0.15) is 36.0 Å². The summed E-state index contributed by atoms with van der Waals surface area (Å²) in [5, 5.41) is 9.17. The molecular formula is C21H25NO. The first-order valence-corrected chi connectivity index (χ1v) is 8.89. The van der Waals surface area contributed by atoms with Crippen molar-refractivity contribution in [1.82, 2.24) is 4.90 Å². The van der Waals surface area contributed by atoms with Crippen molar-refractivity contribution in [2.75, 3.05) is 13.1 Å². The molecule has 2 nitrogen and oxygen atoms in total. The molecule has 1 saturated heterocycles. The van der Waals surface area contributed by atoms with E-state index >= 15 is 0 Å². The Bertz CT molecular complexity index is 671. The van der Waals surface area contributed by atoms with Crippen LogP contribution in [-0.2, 0) is 19.4 Å². The first-order valence-electron chi connectivity index (χ1n) is 8.89. The van der Waals surface area contributed by atoms with E-state index in [1.807, 2.05) is 12.1 Å². The van der Waals surface area contributed by atoms with Gasteiger partial charge in [0.2, 0.25) is 0 Å². The number of aliphatic hydroxyl groups excluding tert-OH is 1. The van der Waals surface area contributed by atoms with Gasteiger partial charge >= 0.3 is 0 Å². The lowest BCUT2D eigenvalue weighted by Crippen LogP contribution is -2.37. The Labute approximate surface area is 138 Å². The quantitative estimate of drug-likeness (QED) is 0.932. The van der Waals surface area contributed by atoms with Crippen molar-refractivity contribution >= 4 is 0 Å². The first-order chi connectivity index (χ1) is 11.3. The standard InChI is InChI=1S/C21H25NO/c23-15-16-3-5-17(6-4-16)18-7-8-20-14-21(10-9-19(20)13-18)22-11-1-2-12-22/h3-8,13,21,23H,1-2,9-12,14-15H2. The van der Waals surface area contributed by atoms with Crippen molar-refractivity contribution < 1.29 is 5.11 Å². The molecule has 23 heavy (non-hydrogen) atoms. The van der Waals surface area contributed by atoms with Crippen LogP contribution >= 0.6 is 0 Å². The normalized spacial score (nSPS) is 21.3. The van der Waals surface area contributed by atoms with E-state index in [2.05, 4.69) is 35.2 Å². The number of rotatable bonds is 3. The van der Waals surface area contributed by atoms with E-state index < -0.39 is 0 Å². The zero-order valence-corrected chi connectivity index (χ0v) is 13.7. The monoisotopic (exact) mass is 307 g/mol. The van der Waals surface area contributed by atoms with E-state index in [4.69, 9.17) is 5.11 Å². The number of benzene rings is 2. The molecule has 1 aliphatic carbocycles. The summed E-state index contributed by atoms with van der Waals surface area (Å²) < 4.78 is 0. The third-order valence-electron chi connectivity index (χ3n) is 5.54. The smallest absolute Gasteiger partial charge is 0.0681 e. The molecule has 2 aliphatic rings. The van der Waals surface area contributed by atoms with Crippen molar-refractivity contribution in [3.05, 3.63) is 59.2 Å². The van der Waals surface area contributed by atoms with E-state index in [0.717, 1.165) is 11.6 Å². The minimum atomic E-state index is 0.113. The lowest BCUT2D eigenvalue weighted by Gasteiger charge is -2.32. The van der Waals surface area contributed by atoms with Gasteiger partial charge in [0.25, 0.3) is 0 Å². The molecule has 4 rings (SSSR count). The number of hydrogen-bond donors (Lipinski definition) is 1. The van der Waals surface area contributed by atoms with Crippen LogP contribution in [0.4, 0.5) is 0 Å². The zero-order chi connectivity index (χ0) is 15.6. The summed E-state index contributed by atoms with van der Waals surface area (Å²) in [6, 6.07) is 16.0. The van der Waals surface area contributed by atoms with Crippen molar-refractivity contribution in [2.24, 2.45) is 0 Å². The molecule has 1 atom stereocenters. The Morgan fingerprint density at radius 1 is 0.913 bits per heavy atom. The summed E-state index contributed by atoms with van der Waals surface area (Å²) in [6.45, 7) is 2.72. The number of hydrogen-bond acceptors (Lipinski definition) is 2. The maximum atomic E-state index is 9.17. The Morgan fingerprint density at radius 3 is 2.39 bits per heavy atom. The van der Waals surface area contributed by atoms with Gasteiger partial charge in [0, 0.05) is 6.04 Å². The van der Waals surface area contributed by atoms with Crippen molar-refractivity contribution in [3.8, 4) is 11.1 Å². The fourth-order valence-electron chi connectivity index (χ4n) is 4.14. The highest BCUT2D eigenvalue weighted by atomic mass is 16.3. The lowest BCUT2D eigenvalue weighted by molar-refractivity contribution is 0.222. The second kappa shape index (κ2) is 6.46. The van der Waals surface area contributed by atoms with Crippen LogP contribution in [0.15, 0.2) is 42.5 Å². The van der Waals surface area contributed by atoms with Gasteiger partial charge in [-0.25, -0.2) is 0 Å². The molecule has 1 aliphatic heterocycles. The predicted octanol–water partition coefficient (Wildman–Crippen LogP) is 3.80. The third-order valence-corrected chi connectivity index (χ3v) is 5.54. The van der Waals surface area contributed by atoms with Crippen molar-refractivity contribution in [3.63, 3.8) is 0 Å². The highest BCUT2D eigenvalue weighted by Crippen LogP contribution is 2.30. The molecule has 1 heterocycles. The van der Waals surface area contributed by atoms with Crippen LogP contribution in [0.2, 0.25) is 0 Å². The fraction of sp³-hybridized carbons (Fsp3) is 0.429. The highest BCUT2D eigenvalue weighted by Gasteiger charge is 2.26. The van der Waals surface area contributed by atoms with E-state index in [1.165, 1.54) is 61.9 Å². The first kappa shape index (κ1) is 14.9. The molecule has 0 radical (unpaired) electrons. The molecule has 1 N–H and O–H groups in total. The summed E-state index contributed by atoms with van der Waals surface area (Å²) in [5.41, 5.74) is 6.59. The Hall–Kier alpha value is -1.64. The third kappa shape index (κ3) is 3.06. The Kier molecular flexibility index (Phi) is 4.19. The van der Waals surface area contributed by atoms with Crippen LogP contribution in [0.5, 0.6) is 0 Å². The molecule has 0 spiro atoms. The summed E-state index contributed by atoms with van der Waals surface area (Å²) in [6.07, 6.45) is 6.50. The van der Waals surface area contributed by atoms with Crippen molar-refractivity contribution in [1.29, 1.82) is 0 Å². The van der Waals surface area contributed by atoms with Crippen LogP contribution in [-0.4, -0.2) is 29.1 Å². The number of fused-ring (bicyclic) bond motifs is 1. The largest absolute Gasteiger partial charge is 0.392 e. The van der Waals surface area contributed by atoms with Crippen LogP contribution in [0.3, 0.4) is 0 Å². The van der Waals surface area contributed by atoms with Crippen LogP contribution < -0.4 is 0 Å². The van der Waals surface area contributed by atoms with Gasteiger partial charge in [-0.3, -0.25) is 0 Å². The van der Waals surface area contributed by atoms with Gasteiger partial charge in [-0.05, 0) is 73.0 Å². The van der Waals surface area contributed by atoms with Crippen LogP contribution in [0.25, 0.3) is 11.1 Å². The molecule has 0 bridgehead atoms. The maximum Gasteiger partial charge on any atom is 0.0681 e. The number of likely N-dealkylation sites (tertiary alicyclic amines) is 1. The molecule has 2 aromatic carbocycles. The van der Waals surface area contributed by atoms with Crippen LogP contribution in [0, 0.1) is 0 Å². The summed E-state index contributed by atoms with van der Waals surface area (Å²) in [7, 11) is 0. The van der Waals surface area contributed by atoms with Gasteiger partial charge in [-0.1, -0.05) is 42.5 Å². The Morgan fingerprint density at radius 2 is 1.65 bits per heavy atom. The second-order valence-electron chi connectivity index (χ2n) is 6.98. The number of aryl methyl sites for hydroxylation is 1.